The largest absolute Gasteiger partial charge is 0.338 e. The average Bonchev–Trinajstić information content (AvgIpc) is 2.48. The molecule has 0 unspecified atom stereocenters. The third-order valence-corrected chi connectivity index (χ3v) is 2.40. The van der Waals surface area contributed by atoms with Crippen LogP contribution in [0.2, 0.25) is 0 Å². The Morgan fingerprint density at radius 1 is 1.32 bits per heavy atom. The van der Waals surface area contributed by atoms with Gasteiger partial charge in [-0.15, -0.1) is 4.91 Å². The molecule has 2 aromatic rings. The summed E-state index contributed by atoms with van der Waals surface area (Å²) in [7, 11) is 0. The van der Waals surface area contributed by atoms with Crippen molar-refractivity contribution in [2.24, 2.45) is 5.18 Å². The highest BCUT2D eigenvalue weighted by molar-refractivity contribution is 5.79. The van der Waals surface area contributed by atoms with E-state index in [0.717, 1.165) is 0 Å². The Bertz CT molecular complexity index is 659. The van der Waals surface area contributed by atoms with Gasteiger partial charge in [-0.25, -0.2) is 4.98 Å². The Morgan fingerprint density at radius 3 is 2.63 bits per heavy atom. The van der Waals surface area contributed by atoms with E-state index in [1.165, 1.54) is 12.3 Å². The molecular weight excluding hydrogens is 244 g/mol. The lowest BCUT2D eigenvalue weighted by Gasteiger charge is -2.07. The maximum absolute atomic E-state index is 10.7. The van der Waals surface area contributed by atoms with Gasteiger partial charge in [0.15, 0.2) is 17.8 Å². The molecule has 0 amide bonds. The van der Waals surface area contributed by atoms with Crippen molar-refractivity contribution in [3.05, 3.63) is 52.6 Å². The van der Waals surface area contributed by atoms with Crippen molar-refractivity contribution in [2.75, 3.05) is 5.32 Å². The lowest BCUT2D eigenvalue weighted by Crippen LogP contribution is -1.95. The third kappa shape index (κ3) is 2.79. The van der Waals surface area contributed by atoms with E-state index in [2.05, 4.69) is 15.5 Å². The van der Waals surface area contributed by atoms with Crippen LogP contribution in [0, 0.1) is 16.2 Å². The molecule has 1 N–H and O–H groups in total. The number of nitriles is 1. The van der Waals surface area contributed by atoms with Crippen LogP contribution in [0.4, 0.5) is 17.2 Å². The average molecular weight is 252 g/mol. The van der Waals surface area contributed by atoms with Crippen LogP contribution in [-0.4, -0.2) is 11.3 Å². The fraction of sp³-hybridized carbons (Fsp3) is 0. The number of aldehydes is 1. The normalized spacial score (nSPS) is 9.42. The number of rotatable bonds is 4. The van der Waals surface area contributed by atoms with Gasteiger partial charge in [-0.3, -0.25) is 4.79 Å². The number of aromatic nitrogens is 1. The Kier molecular flexibility index (Phi) is 3.59. The molecule has 0 aliphatic rings. The summed E-state index contributed by atoms with van der Waals surface area (Å²) in [5.41, 5.74) is 1.52. The van der Waals surface area contributed by atoms with E-state index in [-0.39, 0.29) is 17.1 Å². The van der Waals surface area contributed by atoms with Gasteiger partial charge in [0.1, 0.15) is 0 Å². The second kappa shape index (κ2) is 5.51. The van der Waals surface area contributed by atoms with E-state index in [9.17, 15) is 9.70 Å². The third-order valence-electron chi connectivity index (χ3n) is 2.40. The van der Waals surface area contributed by atoms with Gasteiger partial charge >= 0.3 is 0 Å². The molecule has 0 aliphatic heterocycles. The minimum absolute atomic E-state index is 0.0500. The monoisotopic (exact) mass is 252 g/mol. The summed E-state index contributed by atoms with van der Waals surface area (Å²) in [4.78, 5) is 25.2. The quantitative estimate of drug-likeness (QED) is 0.666. The first-order valence-corrected chi connectivity index (χ1v) is 5.32. The van der Waals surface area contributed by atoms with Crippen molar-refractivity contribution >= 4 is 23.5 Å². The fourth-order valence-corrected chi connectivity index (χ4v) is 1.46. The molecule has 0 fully saturated rings. The molecule has 0 spiro atoms. The number of benzene rings is 1. The molecular formula is C13H8N4O2. The summed E-state index contributed by atoms with van der Waals surface area (Å²) in [5.74, 6) is 0.255. The molecule has 92 valence electrons. The Balaban J connectivity index is 2.29. The van der Waals surface area contributed by atoms with Crippen molar-refractivity contribution in [3.63, 3.8) is 0 Å². The molecule has 6 heteroatoms. The second-order valence-electron chi connectivity index (χ2n) is 3.66. The number of nitrogens with zero attached hydrogens (tertiary/aromatic N) is 3. The highest BCUT2D eigenvalue weighted by atomic mass is 16.3. The standard InChI is InChI=1S/C13H8N4O2/c14-6-9-1-3-11(4-2-9)16-13-12(17-19)5-10(8-18)7-15-13/h1-5,7-8H,(H,15,16). The number of pyridine rings is 1. The summed E-state index contributed by atoms with van der Waals surface area (Å²) in [6.45, 7) is 0. The second-order valence-corrected chi connectivity index (χ2v) is 3.66. The molecule has 6 nitrogen and oxygen atoms in total. The van der Waals surface area contributed by atoms with Gasteiger partial charge in [0.2, 0.25) is 0 Å². The minimum Gasteiger partial charge on any atom is -0.338 e. The first kappa shape index (κ1) is 12.4. The van der Waals surface area contributed by atoms with Crippen LogP contribution in [0.1, 0.15) is 15.9 Å². The van der Waals surface area contributed by atoms with Crippen LogP contribution >= 0.6 is 0 Å². The first-order chi connectivity index (χ1) is 9.26. The summed E-state index contributed by atoms with van der Waals surface area (Å²) >= 11 is 0. The zero-order valence-electron chi connectivity index (χ0n) is 9.70. The van der Waals surface area contributed by atoms with E-state index in [1.54, 1.807) is 24.3 Å². The summed E-state index contributed by atoms with van der Waals surface area (Å²) in [5, 5.41) is 14.4. The summed E-state index contributed by atoms with van der Waals surface area (Å²) < 4.78 is 0. The SMILES string of the molecule is N#Cc1ccc(Nc2ncc(C=O)cc2N=O)cc1. The summed E-state index contributed by atoms with van der Waals surface area (Å²) in [6, 6.07) is 9.99. The number of anilines is 2. The molecule has 0 saturated heterocycles. The molecule has 0 radical (unpaired) electrons. The maximum atomic E-state index is 10.7. The number of hydrogen-bond donors (Lipinski definition) is 1. The number of hydrogen-bond acceptors (Lipinski definition) is 6. The first-order valence-electron chi connectivity index (χ1n) is 5.32. The van der Waals surface area contributed by atoms with Crippen LogP contribution in [0.15, 0.2) is 41.7 Å². The van der Waals surface area contributed by atoms with E-state index in [0.29, 0.717) is 17.5 Å². The maximum Gasteiger partial charge on any atom is 0.160 e. The molecule has 1 aromatic carbocycles. The fourth-order valence-electron chi connectivity index (χ4n) is 1.46. The van der Waals surface area contributed by atoms with E-state index in [1.807, 2.05) is 6.07 Å². The molecule has 1 aromatic heterocycles. The van der Waals surface area contributed by atoms with Crippen LogP contribution in [0.5, 0.6) is 0 Å². The Hall–Kier alpha value is -3.07. The number of nitrogens with one attached hydrogen (secondary N) is 1. The van der Waals surface area contributed by atoms with Gasteiger partial charge in [0.05, 0.1) is 11.6 Å². The van der Waals surface area contributed by atoms with Crippen molar-refractivity contribution in [2.45, 2.75) is 0 Å². The lowest BCUT2D eigenvalue weighted by atomic mass is 10.2. The van der Waals surface area contributed by atoms with Crippen LogP contribution in [-0.2, 0) is 0 Å². The molecule has 0 bridgehead atoms. The van der Waals surface area contributed by atoms with Crippen molar-refractivity contribution in [1.82, 2.24) is 4.98 Å². The van der Waals surface area contributed by atoms with Crippen LogP contribution in [0.25, 0.3) is 0 Å². The zero-order valence-corrected chi connectivity index (χ0v) is 9.70. The van der Waals surface area contributed by atoms with Gasteiger partial charge in [-0.1, -0.05) is 0 Å². The molecule has 0 aliphatic carbocycles. The zero-order chi connectivity index (χ0) is 13.7. The predicted molar refractivity (Wildman–Crippen MR) is 69.5 cm³/mol. The van der Waals surface area contributed by atoms with E-state index < -0.39 is 0 Å². The molecule has 0 atom stereocenters. The Morgan fingerprint density at radius 2 is 2.05 bits per heavy atom. The van der Waals surface area contributed by atoms with Gasteiger partial charge < -0.3 is 5.32 Å². The number of carbonyl (C=O) groups is 1. The minimum atomic E-state index is 0.0500. The molecule has 0 saturated carbocycles. The van der Waals surface area contributed by atoms with E-state index in [4.69, 9.17) is 5.26 Å². The molecule has 1 heterocycles. The Labute approximate surface area is 108 Å². The summed E-state index contributed by atoms with van der Waals surface area (Å²) in [6.07, 6.45) is 1.93. The molecule has 2 rings (SSSR count). The smallest absolute Gasteiger partial charge is 0.160 e. The van der Waals surface area contributed by atoms with Crippen LogP contribution < -0.4 is 5.32 Å². The van der Waals surface area contributed by atoms with Crippen molar-refractivity contribution < 1.29 is 4.79 Å². The van der Waals surface area contributed by atoms with Crippen LogP contribution in [0.3, 0.4) is 0 Å². The van der Waals surface area contributed by atoms with Crippen molar-refractivity contribution in [1.29, 1.82) is 5.26 Å². The highest BCUT2D eigenvalue weighted by Crippen LogP contribution is 2.26. The molecule has 19 heavy (non-hydrogen) atoms. The van der Waals surface area contributed by atoms with Gasteiger partial charge in [0, 0.05) is 17.4 Å². The topological polar surface area (TPSA) is 95.2 Å². The lowest BCUT2D eigenvalue weighted by molar-refractivity contribution is 0.112. The predicted octanol–water partition coefficient (Wildman–Crippen LogP) is 2.91. The van der Waals surface area contributed by atoms with E-state index >= 15 is 0 Å². The van der Waals surface area contributed by atoms with Gasteiger partial charge in [-0.05, 0) is 35.5 Å². The van der Waals surface area contributed by atoms with Gasteiger partial charge in [0.25, 0.3) is 0 Å². The number of carbonyl (C=O) groups excluding carboxylic acids is 1. The van der Waals surface area contributed by atoms with Crippen molar-refractivity contribution in [3.8, 4) is 6.07 Å². The highest BCUT2D eigenvalue weighted by Gasteiger charge is 2.06. The van der Waals surface area contributed by atoms with Gasteiger partial charge in [-0.2, -0.15) is 5.26 Å². The number of nitroso groups, excluding NO2 is 1.